The number of carbonyl (C=O) groups excluding carboxylic acids is 2. The van der Waals surface area contributed by atoms with E-state index >= 15 is 0 Å². The van der Waals surface area contributed by atoms with Gasteiger partial charge in [-0.25, -0.2) is 8.42 Å². The summed E-state index contributed by atoms with van der Waals surface area (Å²) in [5.74, 6) is -0.645. The number of aryl methyl sites for hydroxylation is 1. The number of benzene rings is 2. The molecule has 0 aliphatic heterocycles. The molecule has 0 aliphatic rings. The van der Waals surface area contributed by atoms with Crippen LogP contribution in [0.3, 0.4) is 0 Å². The lowest BCUT2D eigenvalue weighted by atomic mass is 10.1. The highest BCUT2D eigenvalue weighted by molar-refractivity contribution is 7.89. The SMILES string of the molecule is CCCCNC(=O)[C@H](CC)N(Cc1ccccc1)C(=O)CN(C)S(=O)(=O)c1ccc(C)cc1. The topological polar surface area (TPSA) is 86.8 Å². The van der Waals surface area contributed by atoms with Crippen molar-refractivity contribution >= 4 is 21.8 Å². The summed E-state index contributed by atoms with van der Waals surface area (Å²) in [6.07, 6.45) is 2.22. The van der Waals surface area contributed by atoms with Gasteiger partial charge < -0.3 is 10.2 Å². The van der Waals surface area contributed by atoms with E-state index in [-0.39, 0.29) is 23.9 Å². The second-order valence-corrected chi connectivity index (χ2v) is 10.2. The van der Waals surface area contributed by atoms with Gasteiger partial charge in [-0.2, -0.15) is 4.31 Å². The van der Waals surface area contributed by atoms with Crippen LogP contribution in [0.15, 0.2) is 59.5 Å². The van der Waals surface area contributed by atoms with Crippen LogP contribution in [0.1, 0.15) is 44.2 Å². The fraction of sp³-hybridized carbons (Fsp3) is 0.440. The van der Waals surface area contributed by atoms with E-state index in [4.69, 9.17) is 0 Å². The Morgan fingerprint density at radius 1 is 1.00 bits per heavy atom. The number of hydrogen-bond acceptors (Lipinski definition) is 4. The van der Waals surface area contributed by atoms with Crippen molar-refractivity contribution in [3.05, 3.63) is 65.7 Å². The summed E-state index contributed by atoms with van der Waals surface area (Å²) in [6, 6.07) is 15.2. The summed E-state index contributed by atoms with van der Waals surface area (Å²) in [5, 5.41) is 2.91. The molecule has 2 aromatic carbocycles. The normalized spacial score (nSPS) is 12.4. The summed E-state index contributed by atoms with van der Waals surface area (Å²) in [5.41, 5.74) is 1.82. The number of sulfonamides is 1. The molecule has 1 atom stereocenters. The average molecular weight is 474 g/mol. The Morgan fingerprint density at radius 2 is 1.64 bits per heavy atom. The number of nitrogens with one attached hydrogen (secondary N) is 1. The monoisotopic (exact) mass is 473 g/mol. The first-order chi connectivity index (χ1) is 15.7. The standard InChI is InChI=1S/C25H35N3O4S/c1-5-7-17-26-25(30)23(6-2)28(18-21-11-9-8-10-12-21)24(29)19-27(4)33(31,32)22-15-13-20(3)14-16-22/h8-16,23H,5-7,17-19H2,1-4H3,(H,26,30)/t23-/m0/s1. The van der Waals surface area contributed by atoms with Gasteiger partial charge in [0.05, 0.1) is 11.4 Å². The molecule has 0 heterocycles. The molecule has 0 spiro atoms. The van der Waals surface area contributed by atoms with Gasteiger partial charge in [-0.15, -0.1) is 0 Å². The lowest BCUT2D eigenvalue weighted by Gasteiger charge is -2.32. The maximum atomic E-state index is 13.4. The van der Waals surface area contributed by atoms with Crippen molar-refractivity contribution in [1.82, 2.24) is 14.5 Å². The Bertz CT molecular complexity index is 1010. The van der Waals surface area contributed by atoms with E-state index in [2.05, 4.69) is 5.32 Å². The van der Waals surface area contributed by atoms with Gasteiger partial charge in [-0.1, -0.05) is 68.3 Å². The van der Waals surface area contributed by atoms with Gasteiger partial charge in [0.2, 0.25) is 21.8 Å². The van der Waals surface area contributed by atoms with Crippen molar-refractivity contribution in [1.29, 1.82) is 0 Å². The summed E-state index contributed by atoms with van der Waals surface area (Å²) in [4.78, 5) is 27.9. The van der Waals surface area contributed by atoms with Crippen LogP contribution in [0.5, 0.6) is 0 Å². The maximum absolute atomic E-state index is 13.4. The zero-order valence-corrected chi connectivity index (χ0v) is 20.8. The first-order valence-electron chi connectivity index (χ1n) is 11.3. The highest BCUT2D eigenvalue weighted by Crippen LogP contribution is 2.17. The molecule has 1 N–H and O–H groups in total. The molecule has 0 radical (unpaired) electrons. The van der Waals surface area contributed by atoms with Gasteiger partial charge >= 0.3 is 0 Å². The fourth-order valence-electron chi connectivity index (χ4n) is 3.46. The molecule has 0 saturated carbocycles. The molecule has 180 valence electrons. The molecule has 0 saturated heterocycles. The number of likely N-dealkylation sites (N-methyl/N-ethyl adjacent to an activating group) is 1. The molecule has 0 fully saturated rings. The Balaban J connectivity index is 2.26. The number of hydrogen-bond donors (Lipinski definition) is 1. The highest BCUT2D eigenvalue weighted by atomic mass is 32.2. The molecule has 0 aliphatic carbocycles. The first kappa shape index (κ1) is 26.5. The van der Waals surface area contributed by atoms with Crippen molar-refractivity contribution in [3.8, 4) is 0 Å². The summed E-state index contributed by atoms with van der Waals surface area (Å²) in [7, 11) is -2.46. The van der Waals surface area contributed by atoms with Crippen molar-refractivity contribution < 1.29 is 18.0 Å². The molecule has 0 bridgehead atoms. The minimum Gasteiger partial charge on any atom is -0.354 e. The van der Waals surface area contributed by atoms with E-state index in [1.807, 2.05) is 51.1 Å². The Hall–Kier alpha value is -2.71. The summed E-state index contributed by atoms with van der Waals surface area (Å²) in [6.45, 7) is 6.17. The van der Waals surface area contributed by atoms with E-state index in [1.165, 1.54) is 24.1 Å². The van der Waals surface area contributed by atoms with Crippen LogP contribution in [0.2, 0.25) is 0 Å². The molecule has 2 aromatic rings. The second kappa shape index (κ2) is 12.5. The zero-order chi connectivity index (χ0) is 24.4. The number of rotatable bonds is 12. The number of unbranched alkanes of at least 4 members (excludes halogenated alkanes) is 1. The van der Waals surface area contributed by atoms with Crippen LogP contribution in [0.4, 0.5) is 0 Å². The number of nitrogens with zero attached hydrogens (tertiary/aromatic N) is 2. The van der Waals surface area contributed by atoms with E-state index < -0.39 is 22.0 Å². The van der Waals surface area contributed by atoms with Crippen LogP contribution < -0.4 is 5.32 Å². The minimum atomic E-state index is -3.84. The van der Waals surface area contributed by atoms with Gasteiger partial charge in [0.25, 0.3) is 0 Å². The molecule has 7 nitrogen and oxygen atoms in total. The van der Waals surface area contributed by atoms with Crippen LogP contribution in [0, 0.1) is 6.92 Å². The molecule has 2 amide bonds. The molecular formula is C25H35N3O4S. The third-order valence-electron chi connectivity index (χ3n) is 5.50. The Morgan fingerprint density at radius 3 is 2.21 bits per heavy atom. The van der Waals surface area contributed by atoms with E-state index in [1.54, 1.807) is 12.1 Å². The fourth-order valence-corrected chi connectivity index (χ4v) is 4.58. The molecule has 0 unspecified atom stereocenters. The lowest BCUT2D eigenvalue weighted by Crippen LogP contribution is -2.51. The molecule has 0 aromatic heterocycles. The smallest absolute Gasteiger partial charge is 0.243 e. The van der Waals surface area contributed by atoms with Gasteiger partial charge in [0.15, 0.2) is 0 Å². The van der Waals surface area contributed by atoms with Crippen LogP contribution >= 0.6 is 0 Å². The van der Waals surface area contributed by atoms with Crippen LogP contribution in [-0.4, -0.2) is 55.6 Å². The second-order valence-electron chi connectivity index (χ2n) is 8.15. The van der Waals surface area contributed by atoms with E-state index in [9.17, 15) is 18.0 Å². The van der Waals surface area contributed by atoms with Gasteiger partial charge in [-0.05, 0) is 37.5 Å². The zero-order valence-electron chi connectivity index (χ0n) is 20.0. The van der Waals surface area contributed by atoms with Crippen molar-refractivity contribution in [2.24, 2.45) is 0 Å². The van der Waals surface area contributed by atoms with Crippen molar-refractivity contribution in [3.63, 3.8) is 0 Å². The molecule has 2 rings (SSSR count). The van der Waals surface area contributed by atoms with Gasteiger partial charge in [0, 0.05) is 20.1 Å². The third-order valence-corrected chi connectivity index (χ3v) is 7.32. The van der Waals surface area contributed by atoms with E-state index in [0.717, 1.165) is 28.3 Å². The summed E-state index contributed by atoms with van der Waals surface area (Å²) >= 11 is 0. The predicted molar refractivity (Wildman–Crippen MR) is 130 cm³/mol. The van der Waals surface area contributed by atoms with Crippen LogP contribution in [0.25, 0.3) is 0 Å². The third kappa shape index (κ3) is 7.40. The molecule has 33 heavy (non-hydrogen) atoms. The van der Waals surface area contributed by atoms with Crippen LogP contribution in [-0.2, 0) is 26.2 Å². The Kier molecular flexibility index (Phi) is 10.1. The quantitative estimate of drug-likeness (QED) is 0.479. The number of amides is 2. The van der Waals surface area contributed by atoms with Gasteiger partial charge in [-0.3, -0.25) is 9.59 Å². The van der Waals surface area contributed by atoms with Gasteiger partial charge in [0.1, 0.15) is 6.04 Å². The largest absolute Gasteiger partial charge is 0.354 e. The first-order valence-corrected chi connectivity index (χ1v) is 12.8. The van der Waals surface area contributed by atoms with Crippen molar-refractivity contribution in [2.75, 3.05) is 20.1 Å². The lowest BCUT2D eigenvalue weighted by molar-refractivity contribution is -0.141. The predicted octanol–water partition coefficient (Wildman–Crippen LogP) is 3.34. The summed E-state index contributed by atoms with van der Waals surface area (Å²) < 4.78 is 27.0. The highest BCUT2D eigenvalue weighted by Gasteiger charge is 2.31. The van der Waals surface area contributed by atoms with Crippen molar-refractivity contribution in [2.45, 2.75) is 57.5 Å². The number of carbonyl (C=O) groups is 2. The Labute approximate surface area is 197 Å². The maximum Gasteiger partial charge on any atom is 0.243 e. The minimum absolute atomic E-state index is 0.127. The van der Waals surface area contributed by atoms with E-state index in [0.29, 0.717) is 13.0 Å². The molecular weight excluding hydrogens is 438 g/mol. The molecule has 8 heteroatoms. The average Bonchev–Trinajstić information content (AvgIpc) is 2.80.